The Bertz CT molecular complexity index is 815. The van der Waals surface area contributed by atoms with Crippen LogP contribution in [0.2, 0.25) is 0 Å². The Morgan fingerprint density at radius 3 is 2.39 bits per heavy atom. The lowest BCUT2D eigenvalue weighted by Crippen LogP contribution is -2.58. The van der Waals surface area contributed by atoms with E-state index in [0.29, 0.717) is 34.0 Å². The Hall–Kier alpha value is -0.600. The van der Waals surface area contributed by atoms with Crippen molar-refractivity contribution >= 4 is 0 Å². The number of hydrogen-bond donors (Lipinski definition) is 2. The third-order valence-electron chi connectivity index (χ3n) is 12.3. The Balaban J connectivity index is 1.59. The van der Waals surface area contributed by atoms with Gasteiger partial charge in [0.15, 0.2) is 0 Å². The van der Waals surface area contributed by atoms with E-state index < -0.39 is 5.60 Å². The zero-order valence-electron chi connectivity index (χ0n) is 22.9. The second-order valence-corrected chi connectivity index (χ2v) is 14.5. The van der Waals surface area contributed by atoms with E-state index in [1.807, 2.05) is 13.8 Å². The minimum Gasteiger partial charge on any atom is -0.393 e. The number of rotatable bonds is 5. The van der Waals surface area contributed by atoms with Gasteiger partial charge in [0, 0.05) is 0 Å². The summed E-state index contributed by atoms with van der Waals surface area (Å²) in [5.41, 5.74) is 2.98. The smallest absolute Gasteiger partial charge is 0.0798 e. The minimum atomic E-state index is -0.772. The van der Waals surface area contributed by atoms with Gasteiger partial charge in [0.05, 0.1) is 11.7 Å². The van der Waals surface area contributed by atoms with Gasteiger partial charge in [0.2, 0.25) is 0 Å². The SMILES string of the molecule is C=C(CCC(C)C1CCC2(C)C3=CCC4C(C)(C)C(O)CCC4(C)C3CCC12C)C(C)(C)O. The van der Waals surface area contributed by atoms with Crippen molar-refractivity contribution < 1.29 is 10.2 Å². The van der Waals surface area contributed by atoms with E-state index in [1.54, 1.807) is 5.57 Å². The van der Waals surface area contributed by atoms with Gasteiger partial charge in [-0.25, -0.2) is 0 Å². The molecule has 3 fully saturated rings. The largest absolute Gasteiger partial charge is 0.393 e. The lowest BCUT2D eigenvalue weighted by Gasteiger charge is -2.64. The van der Waals surface area contributed by atoms with Gasteiger partial charge in [-0.1, -0.05) is 59.8 Å². The number of hydrogen-bond acceptors (Lipinski definition) is 2. The summed E-state index contributed by atoms with van der Waals surface area (Å²) in [5.74, 6) is 2.67. The van der Waals surface area contributed by atoms with E-state index in [2.05, 4.69) is 54.2 Å². The van der Waals surface area contributed by atoms with Crippen LogP contribution in [0.25, 0.3) is 0 Å². The van der Waals surface area contributed by atoms with Crippen molar-refractivity contribution in [3.05, 3.63) is 23.8 Å². The minimum absolute atomic E-state index is 0.00624. The van der Waals surface area contributed by atoms with Gasteiger partial charge < -0.3 is 10.2 Å². The van der Waals surface area contributed by atoms with E-state index in [0.717, 1.165) is 37.2 Å². The van der Waals surface area contributed by atoms with Gasteiger partial charge in [-0.15, -0.1) is 0 Å². The molecule has 0 aromatic heterocycles. The van der Waals surface area contributed by atoms with E-state index >= 15 is 0 Å². The van der Waals surface area contributed by atoms with Crippen LogP contribution in [0.5, 0.6) is 0 Å². The fourth-order valence-corrected chi connectivity index (χ4v) is 9.56. The normalized spacial score (nSPS) is 45.5. The van der Waals surface area contributed by atoms with Crippen LogP contribution in [0, 0.1) is 45.3 Å². The number of allylic oxidation sites excluding steroid dienone is 2. The molecule has 0 aromatic carbocycles. The molecule has 2 heteroatoms. The zero-order chi connectivity index (χ0) is 24.6. The molecule has 4 aliphatic rings. The third-order valence-corrected chi connectivity index (χ3v) is 12.3. The summed E-state index contributed by atoms with van der Waals surface area (Å²) in [4.78, 5) is 0. The summed E-state index contributed by atoms with van der Waals surface area (Å²) in [6.07, 6.45) is 13.1. The highest BCUT2D eigenvalue weighted by molar-refractivity contribution is 5.33. The summed E-state index contributed by atoms with van der Waals surface area (Å²) < 4.78 is 0. The van der Waals surface area contributed by atoms with E-state index in [4.69, 9.17) is 0 Å². The van der Waals surface area contributed by atoms with Crippen molar-refractivity contribution in [1.29, 1.82) is 0 Å². The Kier molecular flexibility index (Phi) is 6.14. The van der Waals surface area contributed by atoms with Crippen LogP contribution in [-0.4, -0.2) is 21.9 Å². The molecule has 2 nitrogen and oxygen atoms in total. The molecule has 0 spiro atoms. The first kappa shape index (κ1) is 25.5. The Morgan fingerprint density at radius 1 is 1.09 bits per heavy atom. The molecule has 0 radical (unpaired) electrons. The predicted molar refractivity (Wildman–Crippen MR) is 139 cm³/mol. The van der Waals surface area contributed by atoms with Gasteiger partial charge in [-0.3, -0.25) is 0 Å². The van der Waals surface area contributed by atoms with Gasteiger partial charge >= 0.3 is 0 Å². The van der Waals surface area contributed by atoms with Crippen molar-refractivity contribution in [3.8, 4) is 0 Å². The van der Waals surface area contributed by atoms with E-state index in [1.165, 1.54) is 32.1 Å². The van der Waals surface area contributed by atoms with Crippen LogP contribution in [0.1, 0.15) is 113 Å². The fraction of sp³-hybridized carbons (Fsp3) is 0.871. The molecule has 0 aliphatic heterocycles. The maximum absolute atomic E-state index is 10.8. The molecule has 0 heterocycles. The topological polar surface area (TPSA) is 40.5 Å². The van der Waals surface area contributed by atoms with E-state index in [-0.39, 0.29) is 11.5 Å². The average molecular weight is 457 g/mol. The summed E-state index contributed by atoms with van der Waals surface area (Å²) >= 11 is 0. The molecule has 8 unspecified atom stereocenters. The van der Waals surface area contributed by atoms with Gasteiger partial charge in [-0.2, -0.15) is 0 Å². The molecule has 4 aliphatic carbocycles. The molecular weight excluding hydrogens is 404 g/mol. The Morgan fingerprint density at radius 2 is 1.76 bits per heavy atom. The van der Waals surface area contributed by atoms with Crippen molar-refractivity contribution in [3.63, 3.8) is 0 Å². The lowest BCUT2D eigenvalue weighted by atomic mass is 9.41. The first-order valence-corrected chi connectivity index (χ1v) is 13.9. The molecule has 33 heavy (non-hydrogen) atoms. The lowest BCUT2D eigenvalue weighted by molar-refractivity contribution is -0.131. The molecule has 3 saturated carbocycles. The number of fused-ring (bicyclic) bond motifs is 5. The average Bonchev–Trinajstić information content (AvgIpc) is 3.00. The Labute approximate surface area is 204 Å². The molecule has 0 saturated heterocycles. The molecule has 0 amide bonds. The number of aliphatic hydroxyl groups excluding tert-OH is 1. The van der Waals surface area contributed by atoms with Crippen molar-refractivity contribution in [1.82, 2.24) is 0 Å². The fourth-order valence-electron chi connectivity index (χ4n) is 9.56. The maximum atomic E-state index is 10.8. The molecule has 4 rings (SSSR count). The van der Waals surface area contributed by atoms with Gasteiger partial charge in [-0.05, 0) is 123 Å². The van der Waals surface area contributed by atoms with Crippen LogP contribution in [0.3, 0.4) is 0 Å². The summed E-state index contributed by atoms with van der Waals surface area (Å²) in [7, 11) is 0. The molecule has 8 atom stereocenters. The highest BCUT2D eigenvalue weighted by Gasteiger charge is 2.65. The van der Waals surface area contributed by atoms with Gasteiger partial charge in [0.1, 0.15) is 0 Å². The summed E-state index contributed by atoms with van der Waals surface area (Å²) in [5, 5.41) is 21.1. The highest BCUT2D eigenvalue weighted by Crippen LogP contribution is 2.73. The molecule has 188 valence electrons. The second kappa shape index (κ2) is 7.95. The van der Waals surface area contributed by atoms with Crippen LogP contribution in [0.4, 0.5) is 0 Å². The summed E-state index contributed by atoms with van der Waals surface area (Å²) in [6, 6.07) is 0. The van der Waals surface area contributed by atoms with Crippen molar-refractivity contribution in [2.45, 2.75) is 125 Å². The van der Waals surface area contributed by atoms with Crippen LogP contribution in [-0.2, 0) is 0 Å². The first-order valence-electron chi connectivity index (χ1n) is 13.9. The van der Waals surface area contributed by atoms with Crippen LogP contribution >= 0.6 is 0 Å². The van der Waals surface area contributed by atoms with Gasteiger partial charge in [0.25, 0.3) is 0 Å². The highest BCUT2D eigenvalue weighted by atomic mass is 16.3. The van der Waals surface area contributed by atoms with Crippen LogP contribution in [0.15, 0.2) is 23.8 Å². The predicted octanol–water partition coefficient (Wildman–Crippen LogP) is 7.70. The monoisotopic (exact) mass is 456 g/mol. The second-order valence-electron chi connectivity index (χ2n) is 14.5. The quantitative estimate of drug-likeness (QED) is 0.416. The standard InChI is InChI=1S/C31H52O2/c1-20(10-11-21(2)28(5,6)33)22-14-18-31(9)24-12-13-25-27(3,4)26(32)16-17-29(25,7)23(24)15-19-30(22,31)8/h12,20,22-23,25-26,32-33H,2,10-11,13-19H2,1,3-9H3. The van der Waals surface area contributed by atoms with Crippen molar-refractivity contribution in [2.24, 2.45) is 45.3 Å². The van der Waals surface area contributed by atoms with Crippen LogP contribution < -0.4 is 0 Å². The maximum Gasteiger partial charge on any atom is 0.0798 e. The van der Waals surface area contributed by atoms with Crippen molar-refractivity contribution in [2.75, 3.05) is 0 Å². The first-order chi connectivity index (χ1) is 15.1. The molecule has 2 N–H and O–H groups in total. The molecular formula is C31H52O2. The molecule has 0 aromatic rings. The molecule has 0 bridgehead atoms. The third kappa shape index (κ3) is 3.64. The summed E-state index contributed by atoms with van der Waals surface area (Å²) in [6.45, 7) is 22.8. The number of aliphatic hydroxyl groups is 2. The zero-order valence-corrected chi connectivity index (χ0v) is 22.9. The van der Waals surface area contributed by atoms with E-state index in [9.17, 15) is 10.2 Å².